The molecule has 5 nitrogen and oxygen atoms in total. The van der Waals surface area contributed by atoms with Gasteiger partial charge in [0.05, 0.1) is 0 Å². The summed E-state index contributed by atoms with van der Waals surface area (Å²) in [5, 5.41) is 9.00. The number of hydrogen-bond acceptors (Lipinski definition) is 4. The zero-order valence-corrected chi connectivity index (χ0v) is 12.9. The lowest BCUT2D eigenvalue weighted by molar-refractivity contribution is 0.244. The molecular weight excluding hydrogens is 278 g/mol. The number of sulfonamides is 1. The van der Waals surface area contributed by atoms with Gasteiger partial charge in [0.2, 0.25) is 10.0 Å². The molecule has 20 heavy (non-hydrogen) atoms. The van der Waals surface area contributed by atoms with E-state index in [0.29, 0.717) is 24.1 Å². The van der Waals surface area contributed by atoms with Crippen LogP contribution in [0.2, 0.25) is 0 Å². The lowest BCUT2D eigenvalue weighted by atomic mass is 9.81. The van der Waals surface area contributed by atoms with Crippen molar-refractivity contribution >= 4 is 10.0 Å². The second-order valence-electron chi connectivity index (χ2n) is 5.66. The largest absolute Gasteiger partial charge is 0.462 e. The molecule has 1 aliphatic rings. The van der Waals surface area contributed by atoms with Crippen molar-refractivity contribution in [2.45, 2.75) is 51.0 Å². The van der Waals surface area contributed by atoms with E-state index in [4.69, 9.17) is 9.52 Å². The Hall–Kier alpha value is -0.850. The third kappa shape index (κ3) is 3.42. The fourth-order valence-corrected chi connectivity index (χ4v) is 4.16. The van der Waals surface area contributed by atoms with Crippen LogP contribution >= 0.6 is 0 Å². The molecule has 1 aromatic rings. The molecule has 0 amide bonds. The summed E-state index contributed by atoms with van der Waals surface area (Å²) in [6, 6.07) is 1.39. The second kappa shape index (κ2) is 6.28. The van der Waals surface area contributed by atoms with Gasteiger partial charge in [-0.25, -0.2) is 13.1 Å². The maximum absolute atomic E-state index is 12.3. The van der Waals surface area contributed by atoms with E-state index in [0.717, 1.165) is 6.42 Å². The zero-order chi connectivity index (χ0) is 14.8. The molecule has 0 aromatic carbocycles. The molecule has 1 aliphatic carbocycles. The summed E-state index contributed by atoms with van der Waals surface area (Å²) in [6.07, 6.45) is 4.67. The minimum Gasteiger partial charge on any atom is -0.462 e. The molecule has 1 saturated carbocycles. The highest BCUT2D eigenvalue weighted by Gasteiger charge is 2.26. The first-order chi connectivity index (χ1) is 9.44. The van der Waals surface area contributed by atoms with Gasteiger partial charge < -0.3 is 9.52 Å². The molecule has 2 rings (SSSR count). The molecule has 0 aliphatic heterocycles. The molecule has 6 heteroatoms. The van der Waals surface area contributed by atoms with Crippen LogP contribution in [-0.4, -0.2) is 20.1 Å². The molecule has 0 bridgehead atoms. The van der Waals surface area contributed by atoms with Gasteiger partial charge in [-0.2, -0.15) is 0 Å². The Balaban J connectivity index is 2.05. The molecule has 2 unspecified atom stereocenters. The number of aliphatic hydroxyl groups is 1. The summed E-state index contributed by atoms with van der Waals surface area (Å²) in [4.78, 5) is 0.130. The molecule has 1 fully saturated rings. The standard InChI is InChI=1S/C14H23NO4S/c1-10-5-3-4-6-12(10)8-15-20(17,18)14-7-13(9-16)19-11(14)2/h7,10,12,15-16H,3-6,8-9H2,1-2H3. The topological polar surface area (TPSA) is 79.5 Å². The van der Waals surface area contributed by atoms with Crippen LogP contribution in [0, 0.1) is 18.8 Å². The van der Waals surface area contributed by atoms with Gasteiger partial charge in [-0.15, -0.1) is 0 Å². The summed E-state index contributed by atoms with van der Waals surface area (Å²) in [6.45, 7) is 3.96. The van der Waals surface area contributed by atoms with Gasteiger partial charge in [0.15, 0.2) is 0 Å². The third-order valence-corrected chi connectivity index (χ3v) is 5.72. The number of aliphatic hydroxyl groups excluding tert-OH is 1. The highest BCUT2D eigenvalue weighted by atomic mass is 32.2. The second-order valence-corrected chi connectivity index (χ2v) is 7.40. The van der Waals surface area contributed by atoms with Crippen molar-refractivity contribution in [1.29, 1.82) is 0 Å². The monoisotopic (exact) mass is 301 g/mol. The molecule has 2 N–H and O–H groups in total. The van der Waals surface area contributed by atoms with Gasteiger partial charge in [-0.1, -0.05) is 26.2 Å². The van der Waals surface area contributed by atoms with Crippen molar-refractivity contribution in [2.75, 3.05) is 6.54 Å². The van der Waals surface area contributed by atoms with E-state index in [1.165, 1.54) is 25.3 Å². The van der Waals surface area contributed by atoms with Gasteiger partial charge in [0.1, 0.15) is 23.0 Å². The molecule has 0 spiro atoms. The molecule has 0 saturated heterocycles. The van der Waals surface area contributed by atoms with E-state index in [-0.39, 0.29) is 17.3 Å². The van der Waals surface area contributed by atoms with Gasteiger partial charge in [-0.05, 0) is 25.2 Å². The first kappa shape index (κ1) is 15.5. The highest BCUT2D eigenvalue weighted by molar-refractivity contribution is 7.89. The Bertz CT molecular complexity index is 550. The van der Waals surface area contributed by atoms with Crippen LogP contribution in [0.1, 0.15) is 44.1 Å². The molecule has 1 heterocycles. The van der Waals surface area contributed by atoms with Crippen LogP contribution in [0.25, 0.3) is 0 Å². The van der Waals surface area contributed by atoms with E-state index in [2.05, 4.69) is 11.6 Å². The van der Waals surface area contributed by atoms with Crippen LogP contribution in [-0.2, 0) is 16.6 Å². The molecular formula is C14H23NO4S. The van der Waals surface area contributed by atoms with Crippen LogP contribution in [0.3, 0.4) is 0 Å². The lowest BCUT2D eigenvalue weighted by Crippen LogP contribution is -2.33. The van der Waals surface area contributed by atoms with Crippen molar-refractivity contribution < 1.29 is 17.9 Å². The summed E-state index contributed by atoms with van der Waals surface area (Å²) in [5.74, 6) is 1.56. The van der Waals surface area contributed by atoms with Gasteiger partial charge in [0, 0.05) is 12.6 Å². The van der Waals surface area contributed by atoms with E-state index in [1.807, 2.05) is 0 Å². The Morgan fingerprint density at radius 2 is 2.10 bits per heavy atom. The average Bonchev–Trinajstić information content (AvgIpc) is 2.80. The summed E-state index contributed by atoms with van der Waals surface area (Å²) < 4.78 is 32.4. The van der Waals surface area contributed by atoms with Crippen LogP contribution in [0.15, 0.2) is 15.4 Å². The number of nitrogens with one attached hydrogen (secondary N) is 1. The zero-order valence-electron chi connectivity index (χ0n) is 12.1. The van der Waals surface area contributed by atoms with E-state index < -0.39 is 10.0 Å². The molecule has 2 atom stereocenters. The average molecular weight is 301 g/mol. The molecule has 0 radical (unpaired) electrons. The Labute approximate surface area is 120 Å². The predicted molar refractivity (Wildman–Crippen MR) is 75.7 cm³/mol. The number of aryl methyl sites for hydroxylation is 1. The number of furan rings is 1. The lowest BCUT2D eigenvalue weighted by Gasteiger charge is -2.28. The van der Waals surface area contributed by atoms with Crippen LogP contribution < -0.4 is 4.72 Å². The first-order valence-corrected chi connectivity index (χ1v) is 8.62. The van der Waals surface area contributed by atoms with Crippen molar-refractivity contribution in [3.05, 3.63) is 17.6 Å². The summed E-state index contributed by atoms with van der Waals surface area (Å²) >= 11 is 0. The fraction of sp³-hybridized carbons (Fsp3) is 0.714. The van der Waals surface area contributed by atoms with Crippen molar-refractivity contribution in [2.24, 2.45) is 11.8 Å². The van der Waals surface area contributed by atoms with E-state index in [9.17, 15) is 8.42 Å². The number of hydrogen-bond donors (Lipinski definition) is 2. The fourth-order valence-electron chi connectivity index (χ4n) is 2.86. The van der Waals surface area contributed by atoms with Crippen LogP contribution in [0.5, 0.6) is 0 Å². The van der Waals surface area contributed by atoms with E-state index >= 15 is 0 Å². The molecule has 114 valence electrons. The normalized spacial score (nSPS) is 23.9. The first-order valence-electron chi connectivity index (χ1n) is 7.14. The van der Waals surface area contributed by atoms with E-state index in [1.54, 1.807) is 6.92 Å². The Kier molecular flexibility index (Phi) is 4.88. The Morgan fingerprint density at radius 3 is 2.70 bits per heavy atom. The molecule has 1 aromatic heterocycles. The maximum Gasteiger partial charge on any atom is 0.244 e. The summed E-state index contributed by atoms with van der Waals surface area (Å²) in [7, 11) is -3.56. The Morgan fingerprint density at radius 1 is 1.40 bits per heavy atom. The van der Waals surface area contributed by atoms with Gasteiger partial charge >= 0.3 is 0 Å². The minimum atomic E-state index is -3.56. The maximum atomic E-state index is 12.3. The van der Waals surface area contributed by atoms with Crippen molar-refractivity contribution in [1.82, 2.24) is 4.72 Å². The predicted octanol–water partition coefficient (Wildman–Crippen LogP) is 2.18. The third-order valence-electron chi connectivity index (χ3n) is 4.19. The smallest absolute Gasteiger partial charge is 0.244 e. The summed E-state index contributed by atoms with van der Waals surface area (Å²) in [5.41, 5.74) is 0. The highest BCUT2D eigenvalue weighted by Crippen LogP contribution is 2.29. The minimum absolute atomic E-state index is 0.130. The SMILES string of the molecule is Cc1oc(CO)cc1S(=O)(=O)NCC1CCCCC1C. The van der Waals surface area contributed by atoms with Gasteiger partial charge in [0.25, 0.3) is 0 Å². The number of rotatable bonds is 5. The van der Waals surface area contributed by atoms with Crippen molar-refractivity contribution in [3.63, 3.8) is 0 Å². The quantitative estimate of drug-likeness (QED) is 0.873. The van der Waals surface area contributed by atoms with Crippen LogP contribution in [0.4, 0.5) is 0 Å². The van der Waals surface area contributed by atoms with Crippen molar-refractivity contribution in [3.8, 4) is 0 Å². The van der Waals surface area contributed by atoms with Gasteiger partial charge in [-0.3, -0.25) is 0 Å².